The lowest BCUT2D eigenvalue weighted by atomic mass is 10.2. The zero-order valence-electron chi connectivity index (χ0n) is 12.9. The minimum Gasteiger partial charge on any atom is -0.352 e. The Labute approximate surface area is 142 Å². The van der Waals surface area contributed by atoms with Gasteiger partial charge in [0.05, 0.1) is 10.6 Å². The number of carbonyl (C=O) groups is 2. The zero-order valence-corrected chi connectivity index (χ0v) is 14.4. The second-order valence-corrected chi connectivity index (χ2v) is 5.11. The van der Waals surface area contributed by atoms with E-state index in [4.69, 9.17) is 11.6 Å². The van der Waals surface area contributed by atoms with Crippen LogP contribution in [0.3, 0.4) is 0 Å². The van der Waals surface area contributed by atoms with Crippen molar-refractivity contribution in [3.63, 3.8) is 0 Å². The maximum absolute atomic E-state index is 11.8. The zero-order chi connectivity index (χ0) is 15.7. The number of rotatable bonds is 8. The summed E-state index contributed by atoms with van der Waals surface area (Å²) in [5.41, 5.74) is 1.01. The van der Waals surface area contributed by atoms with Crippen molar-refractivity contribution in [2.75, 3.05) is 25.5 Å². The lowest BCUT2D eigenvalue weighted by Gasteiger charge is -2.09. The number of carbonyl (C=O) groups excluding carboxylic acids is 2. The fourth-order valence-electron chi connectivity index (χ4n) is 1.76. The number of benzene rings is 1. The Balaban J connectivity index is 0.00000441. The minimum absolute atomic E-state index is 0. The summed E-state index contributed by atoms with van der Waals surface area (Å²) < 4.78 is 0. The molecule has 0 aliphatic rings. The lowest BCUT2D eigenvalue weighted by molar-refractivity contribution is -0.116. The first kappa shape index (κ1) is 20.7. The normalized spacial score (nSPS) is 9.77. The molecular formula is C15H23Cl2N3O2. The molecule has 0 aliphatic carbocycles. The van der Waals surface area contributed by atoms with Gasteiger partial charge in [0.25, 0.3) is 5.91 Å². The fourth-order valence-corrected chi connectivity index (χ4v) is 2.03. The van der Waals surface area contributed by atoms with E-state index in [-0.39, 0.29) is 24.2 Å². The Kier molecular flexibility index (Phi) is 10.6. The van der Waals surface area contributed by atoms with Crippen molar-refractivity contribution >= 4 is 41.5 Å². The van der Waals surface area contributed by atoms with E-state index in [1.807, 2.05) is 14.0 Å². The molecule has 3 N–H and O–H groups in total. The van der Waals surface area contributed by atoms with Gasteiger partial charge in [0.1, 0.15) is 0 Å². The summed E-state index contributed by atoms with van der Waals surface area (Å²) in [6.45, 7) is 3.39. The Morgan fingerprint density at radius 2 is 1.95 bits per heavy atom. The van der Waals surface area contributed by atoms with Crippen LogP contribution in [-0.2, 0) is 4.79 Å². The predicted octanol–water partition coefficient (Wildman–Crippen LogP) is 2.84. The summed E-state index contributed by atoms with van der Waals surface area (Å²) in [4.78, 5) is 23.5. The number of halogens is 2. The molecule has 1 aromatic rings. The highest BCUT2D eigenvalue weighted by atomic mass is 35.5. The predicted molar refractivity (Wildman–Crippen MR) is 93.1 cm³/mol. The molecule has 0 saturated heterocycles. The third kappa shape index (κ3) is 7.11. The van der Waals surface area contributed by atoms with E-state index in [1.165, 1.54) is 0 Å². The van der Waals surface area contributed by atoms with E-state index in [1.54, 1.807) is 18.2 Å². The van der Waals surface area contributed by atoms with E-state index in [9.17, 15) is 9.59 Å². The molecule has 7 heteroatoms. The highest BCUT2D eigenvalue weighted by molar-refractivity contribution is 6.34. The van der Waals surface area contributed by atoms with E-state index < -0.39 is 0 Å². The Morgan fingerprint density at radius 3 is 2.55 bits per heavy atom. The molecule has 0 fully saturated rings. The summed E-state index contributed by atoms with van der Waals surface area (Å²) in [5, 5.41) is 8.85. The molecule has 1 rings (SSSR count). The molecule has 0 heterocycles. The molecule has 1 aromatic carbocycles. The number of anilines is 1. The van der Waals surface area contributed by atoms with Crippen molar-refractivity contribution < 1.29 is 9.59 Å². The first-order valence-electron chi connectivity index (χ1n) is 7.10. The standard InChI is InChI=1S/C15H22ClN3O2.ClH/c1-3-8-18-15(21)12-7-6-11(10-13(12)16)19-14(20)5-4-9-17-2;/h6-7,10,17H,3-5,8-9H2,1-2H3,(H,18,21)(H,19,20);1H. The van der Waals surface area contributed by atoms with Crippen LogP contribution in [0.15, 0.2) is 18.2 Å². The topological polar surface area (TPSA) is 70.2 Å². The number of hydrogen-bond donors (Lipinski definition) is 3. The van der Waals surface area contributed by atoms with Crippen molar-refractivity contribution in [3.8, 4) is 0 Å². The number of amides is 2. The summed E-state index contributed by atoms with van der Waals surface area (Å²) in [5.74, 6) is -0.266. The highest BCUT2D eigenvalue weighted by Crippen LogP contribution is 2.21. The average Bonchev–Trinajstić information content (AvgIpc) is 2.45. The molecule has 0 radical (unpaired) electrons. The van der Waals surface area contributed by atoms with E-state index in [0.717, 1.165) is 19.4 Å². The molecule has 0 aliphatic heterocycles. The van der Waals surface area contributed by atoms with Gasteiger partial charge in [0, 0.05) is 18.7 Å². The van der Waals surface area contributed by atoms with Gasteiger partial charge >= 0.3 is 0 Å². The Hall–Kier alpha value is -1.30. The van der Waals surface area contributed by atoms with Crippen molar-refractivity contribution in [1.29, 1.82) is 0 Å². The van der Waals surface area contributed by atoms with Crippen LogP contribution < -0.4 is 16.0 Å². The molecule has 0 atom stereocenters. The van der Waals surface area contributed by atoms with Gasteiger partial charge in [-0.1, -0.05) is 18.5 Å². The van der Waals surface area contributed by atoms with Gasteiger partial charge in [-0.05, 0) is 44.6 Å². The summed E-state index contributed by atoms with van der Waals surface area (Å²) in [6, 6.07) is 4.90. The highest BCUT2D eigenvalue weighted by Gasteiger charge is 2.11. The fraction of sp³-hybridized carbons (Fsp3) is 0.467. The van der Waals surface area contributed by atoms with Crippen molar-refractivity contribution in [2.24, 2.45) is 0 Å². The number of hydrogen-bond acceptors (Lipinski definition) is 3. The van der Waals surface area contributed by atoms with Crippen LogP contribution in [0.1, 0.15) is 36.5 Å². The Morgan fingerprint density at radius 1 is 1.23 bits per heavy atom. The van der Waals surface area contributed by atoms with Crippen LogP contribution in [0, 0.1) is 0 Å². The van der Waals surface area contributed by atoms with Gasteiger partial charge in [-0.3, -0.25) is 9.59 Å². The molecule has 0 aromatic heterocycles. The average molecular weight is 348 g/mol. The van der Waals surface area contributed by atoms with Gasteiger partial charge < -0.3 is 16.0 Å². The third-order valence-corrected chi connectivity index (χ3v) is 3.18. The van der Waals surface area contributed by atoms with Crippen LogP contribution in [0.2, 0.25) is 5.02 Å². The molecule has 0 saturated carbocycles. The van der Waals surface area contributed by atoms with Crippen LogP contribution in [-0.4, -0.2) is 32.0 Å². The SMILES string of the molecule is CCCNC(=O)c1ccc(NC(=O)CCCNC)cc1Cl.Cl. The molecule has 2 amide bonds. The second-order valence-electron chi connectivity index (χ2n) is 4.71. The molecular weight excluding hydrogens is 325 g/mol. The van der Waals surface area contributed by atoms with Gasteiger partial charge in [-0.25, -0.2) is 0 Å². The third-order valence-electron chi connectivity index (χ3n) is 2.86. The number of nitrogens with one attached hydrogen (secondary N) is 3. The molecule has 0 unspecified atom stereocenters. The molecule has 22 heavy (non-hydrogen) atoms. The maximum Gasteiger partial charge on any atom is 0.252 e. The minimum atomic E-state index is -0.200. The second kappa shape index (κ2) is 11.3. The molecule has 124 valence electrons. The smallest absolute Gasteiger partial charge is 0.252 e. The van der Waals surface area contributed by atoms with Gasteiger partial charge in [-0.2, -0.15) is 0 Å². The molecule has 0 bridgehead atoms. The van der Waals surface area contributed by atoms with Gasteiger partial charge in [0.15, 0.2) is 0 Å². The summed E-state index contributed by atoms with van der Waals surface area (Å²) in [6.07, 6.45) is 2.08. The van der Waals surface area contributed by atoms with E-state index in [2.05, 4.69) is 16.0 Å². The van der Waals surface area contributed by atoms with Gasteiger partial charge in [-0.15, -0.1) is 12.4 Å². The monoisotopic (exact) mass is 347 g/mol. The summed E-state index contributed by atoms with van der Waals surface area (Å²) >= 11 is 6.09. The first-order chi connectivity index (χ1) is 10.1. The first-order valence-corrected chi connectivity index (χ1v) is 7.48. The van der Waals surface area contributed by atoms with E-state index >= 15 is 0 Å². The Bertz CT molecular complexity index is 496. The van der Waals surface area contributed by atoms with Crippen LogP contribution in [0.5, 0.6) is 0 Å². The van der Waals surface area contributed by atoms with Crippen LogP contribution in [0.25, 0.3) is 0 Å². The maximum atomic E-state index is 11.8. The van der Waals surface area contributed by atoms with Gasteiger partial charge in [0.2, 0.25) is 5.91 Å². The quantitative estimate of drug-likeness (QED) is 0.633. The largest absolute Gasteiger partial charge is 0.352 e. The van der Waals surface area contributed by atoms with Crippen molar-refractivity contribution in [1.82, 2.24) is 10.6 Å². The molecule has 0 spiro atoms. The summed E-state index contributed by atoms with van der Waals surface area (Å²) in [7, 11) is 1.85. The van der Waals surface area contributed by atoms with Crippen molar-refractivity contribution in [2.45, 2.75) is 26.2 Å². The van der Waals surface area contributed by atoms with E-state index in [0.29, 0.717) is 29.2 Å². The van der Waals surface area contributed by atoms with Crippen molar-refractivity contribution in [3.05, 3.63) is 28.8 Å². The molecule has 5 nitrogen and oxygen atoms in total. The lowest BCUT2D eigenvalue weighted by Crippen LogP contribution is -2.24. The van der Waals surface area contributed by atoms with Crippen LogP contribution in [0.4, 0.5) is 5.69 Å². The van der Waals surface area contributed by atoms with Crippen LogP contribution >= 0.6 is 24.0 Å².